The normalized spacial score (nSPS) is 16.5. The Morgan fingerprint density at radius 1 is 1.14 bits per heavy atom. The van der Waals surface area contributed by atoms with Gasteiger partial charge in [0.2, 0.25) is 0 Å². The van der Waals surface area contributed by atoms with Gasteiger partial charge in [-0.25, -0.2) is 0 Å². The molecular weight excluding hydrogens is 282 g/mol. The molecule has 1 atom stereocenters. The quantitative estimate of drug-likeness (QED) is 0.833. The number of ether oxygens (including phenoxy) is 3. The number of benzene rings is 1. The smallest absolute Gasteiger partial charge is 0.161 e. The van der Waals surface area contributed by atoms with Gasteiger partial charge in [-0.3, -0.25) is 4.90 Å². The zero-order valence-corrected chi connectivity index (χ0v) is 14.0. The van der Waals surface area contributed by atoms with Crippen LogP contribution in [0.25, 0.3) is 0 Å². The van der Waals surface area contributed by atoms with Crippen molar-refractivity contribution in [1.82, 2.24) is 4.90 Å². The van der Waals surface area contributed by atoms with Crippen molar-refractivity contribution in [3.63, 3.8) is 0 Å². The van der Waals surface area contributed by atoms with Crippen molar-refractivity contribution in [3.8, 4) is 11.5 Å². The summed E-state index contributed by atoms with van der Waals surface area (Å²) in [6, 6.07) is 4.10. The molecule has 2 rings (SSSR count). The molecule has 22 heavy (non-hydrogen) atoms. The second-order valence-electron chi connectivity index (χ2n) is 6.00. The third-order valence-corrected chi connectivity index (χ3v) is 3.89. The van der Waals surface area contributed by atoms with Crippen LogP contribution in [-0.4, -0.2) is 56.1 Å². The van der Waals surface area contributed by atoms with E-state index >= 15 is 0 Å². The minimum absolute atomic E-state index is 0.147. The van der Waals surface area contributed by atoms with Crippen molar-refractivity contribution in [2.45, 2.75) is 39.0 Å². The first-order chi connectivity index (χ1) is 10.5. The van der Waals surface area contributed by atoms with Gasteiger partial charge in [-0.2, -0.15) is 0 Å². The maximum Gasteiger partial charge on any atom is 0.161 e. The van der Waals surface area contributed by atoms with Crippen molar-refractivity contribution >= 4 is 0 Å². The molecule has 1 unspecified atom stereocenters. The number of aliphatic hydroxyl groups excluding tert-OH is 1. The summed E-state index contributed by atoms with van der Waals surface area (Å²) in [5.41, 5.74) is 2.53. The Morgan fingerprint density at radius 2 is 1.77 bits per heavy atom. The average Bonchev–Trinajstić information content (AvgIpc) is 2.51. The van der Waals surface area contributed by atoms with Crippen LogP contribution in [0, 0.1) is 0 Å². The number of nitrogens with zero attached hydrogens (tertiary/aromatic N) is 1. The van der Waals surface area contributed by atoms with Crippen LogP contribution in [0.3, 0.4) is 0 Å². The van der Waals surface area contributed by atoms with E-state index in [1.54, 1.807) is 14.2 Å². The van der Waals surface area contributed by atoms with Crippen LogP contribution < -0.4 is 9.47 Å². The Kier molecular flexibility index (Phi) is 6.06. The molecule has 0 aromatic heterocycles. The van der Waals surface area contributed by atoms with Gasteiger partial charge in [0.05, 0.1) is 33.0 Å². The molecule has 1 N–H and O–H groups in total. The molecule has 0 aliphatic carbocycles. The molecule has 5 heteroatoms. The summed E-state index contributed by atoms with van der Waals surface area (Å²) < 4.78 is 16.2. The van der Waals surface area contributed by atoms with Crippen LogP contribution in [-0.2, 0) is 17.7 Å². The largest absolute Gasteiger partial charge is 0.493 e. The van der Waals surface area contributed by atoms with Gasteiger partial charge in [0.1, 0.15) is 0 Å². The lowest BCUT2D eigenvalue weighted by atomic mass is 9.98. The van der Waals surface area contributed by atoms with E-state index in [2.05, 4.69) is 11.0 Å². The molecule has 5 nitrogen and oxygen atoms in total. The van der Waals surface area contributed by atoms with Gasteiger partial charge in [0.25, 0.3) is 0 Å². The monoisotopic (exact) mass is 309 g/mol. The summed E-state index contributed by atoms with van der Waals surface area (Å²) in [4.78, 5) is 2.25. The molecule has 0 radical (unpaired) electrons. The van der Waals surface area contributed by atoms with Gasteiger partial charge >= 0.3 is 0 Å². The number of aliphatic hydroxyl groups is 1. The SMILES string of the molecule is COc1cc2c(cc1OC)CN(CC(O)COC(C)C)CC2. The predicted octanol–water partition coefficient (Wildman–Crippen LogP) is 1.85. The lowest BCUT2D eigenvalue weighted by Crippen LogP contribution is -2.38. The van der Waals surface area contributed by atoms with E-state index < -0.39 is 6.10 Å². The summed E-state index contributed by atoms with van der Waals surface area (Å²) in [5.74, 6) is 1.53. The number of methoxy groups -OCH3 is 2. The number of fused-ring (bicyclic) bond motifs is 1. The fourth-order valence-electron chi connectivity index (χ4n) is 2.75. The number of β-amino-alcohol motifs (C(OH)–C–C–N with tert-alkyl or cyclic N) is 1. The van der Waals surface area contributed by atoms with Crippen molar-refractivity contribution in [2.24, 2.45) is 0 Å². The van der Waals surface area contributed by atoms with E-state index in [0.29, 0.717) is 13.2 Å². The topological polar surface area (TPSA) is 51.2 Å². The Bertz CT molecular complexity index is 490. The average molecular weight is 309 g/mol. The Labute approximate surface area is 132 Å². The Hall–Kier alpha value is -1.30. The van der Waals surface area contributed by atoms with Crippen molar-refractivity contribution < 1.29 is 19.3 Å². The molecule has 0 spiro atoms. The molecule has 0 amide bonds. The van der Waals surface area contributed by atoms with Crippen molar-refractivity contribution in [3.05, 3.63) is 23.3 Å². The van der Waals surface area contributed by atoms with Gasteiger partial charge in [0.15, 0.2) is 11.5 Å². The fourth-order valence-corrected chi connectivity index (χ4v) is 2.75. The maximum atomic E-state index is 10.1. The first-order valence-electron chi connectivity index (χ1n) is 7.79. The number of rotatable bonds is 7. The van der Waals surface area contributed by atoms with Gasteiger partial charge < -0.3 is 19.3 Å². The summed E-state index contributed by atoms with van der Waals surface area (Å²) >= 11 is 0. The molecule has 0 saturated heterocycles. The second kappa shape index (κ2) is 7.81. The van der Waals surface area contributed by atoms with E-state index in [-0.39, 0.29) is 6.10 Å². The molecule has 1 heterocycles. The van der Waals surface area contributed by atoms with Crippen LogP contribution in [0.5, 0.6) is 11.5 Å². The molecule has 1 aliphatic rings. The first-order valence-corrected chi connectivity index (χ1v) is 7.79. The molecule has 0 fully saturated rings. The molecule has 1 aliphatic heterocycles. The van der Waals surface area contributed by atoms with Crippen LogP contribution in [0.1, 0.15) is 25.0 Å². The van der Waals surface area contributed by atoms with Crippen LogP contribution in [0.2, 0.25) is 0 Å². The number of hydrogen-bond donors (Lipinski definition) is 1. The van der Waals surface area contributed by atoms with Crippen molar-refractivity contribution in [1.29, 1.82) is 0 Å². The van der Waals surface area contributed by atoms with E-state index in [1.165, 1.54) is 11.1 Å². The van der Waals surface area contributed by atoms with E-state index in [1.807, 2.05) is 19.9 Å². The maximum absolute atomic E-state index is 10.1. The zero-order chi connectivity index (χ0) is 16.1. The Morgan fingerprint density at radius 3 is 2.36 bits per heavy atom. The molecule has 0 bridgehead atoms. The predicted molar refractivity (Wildman–Crippen MR) is 85.6 cm³/mol. The van der Waals surface area contributed by atoms with E-state index in [9.17, 15) is 5.11 Å². The third-order valence-electron chi connectivity index (χ3n) is 3.89. The van der Waals surface area contributed by atoms with Crippen LogP contribution in [0.4, 0.5) is 0 Å². The zero-order valence-electron chi connectivity index (χ0n) is 14.0. The lowest BCUT2D eigenvalue weighted by molar-refractivity contribution is -0.0101. The highest BCUT2D eigenvalue weighted by molar-refractivity contribution is 5.48. The van der Waals surface area contributed by atoms with Crippen LogP contribution in [0.15, 0.2) is 12.1 Å². The van der Waals surface area contributed by atoms with Gasteiger partial charge in [-0.1, -0.05) is 0 Å². The molecule has 1 aromatic carbocycles. The number of hydrogen-bond acceptors (Lipinski definition) is 5. The van der Waals surface area contributed by atoms with Crippen LogP contribution >= 0.6 is 0 Å². The minimum Gasteiger partial charge on any atom is -0.493 e. The fraction of sp³-hybridized carbons (Fsp3) is 0.647. The highest BCUT2D eigenvalue weighted by Crippen LogP contribution is 2.33. The van der Waals surface area contributed by atoms with E-state index in [4.69, 9.17) is 14.2 Å². The summed E-state index contributed by atoms with van der Waals surface area (Å²) in [6.45, 7) is 6.70. The van der Waals surface area contributed by atoms with Gasteiger partial charge in [-0.15, -0.1) is 0 Å². The summed E-state index contributed by atoms with van der Waals surface area (Å²) in [6.07, 6.45) is 0.644. The lowest BCUT2D eigenvalue weighted by Gasteiger charge is -2.31. The highest BCUT2D eigenvalue weighted by atomic mass is 16.5. The van der Waals surface area contributed by atoms with E-state index in [0.717, 1.165) is 31.0 Å². The first kappa shape index (κ1) is 17.1. The highest BCUT2D eigenvalue weighted by Gasteiger charge is 2.21. The molecule has 0 saturated carbocycles. The third kappa shape index (κ3) is 4.35. The minimum atomic E-state index is -0.455. The standard InChI is InChI=1S/C17H27NO4/c1-12(2)22-11-15(19)10-18-6-5-13-7-16(20-3)17(21-4)8-14(13)9-18/h7-8,12,15,19H,5-6,9-11H2,1-4H3. The second-order valence-corrected chi connectivity index (χ2v) is 6.00. The summed E-state index contributed by atoms with van der Waals surface area (Å²) in [5, 5.41) is 10.1. The van der Waals surface area contributed by atoms with Gasteiger partial charge in [-0.05, 0) is 43.5 Å². The molecular formula is C17H27NO4. The van der Waals surface area contributed by atoms with Gasteiger partial charge in [0, 0.05) is 19.6 Å². The Balaban J connectivity index is 1.99. The van der Waals surface area contributed by atoms with Crippen molar-refractivity contribution in [2.75, 3.05) is 33.9 Å². The molecule has 124 valence electrons. The summed E-state index contributed by atoms with van der Waals surface area (Å²) in [7, 11) is 3.31. The molecule has 1 aromatic rings.